The Kier molecular flexibility index (Phi) is 4.99. The molecule has 1 aromatic carbocycles. The molecule has 1 unspecified atom stereocenters. The van der Waals surface area contributed by atoms with Crippen molar-refractivity contribution in [3.05, 3.63) is 35.4 Å². The van der Waals surface area contributed by atoms with Crippen molar-refractivity contribution in [2.24, 2.45) is 0 Å². The van der Waals surface area contributed by atoms with Gasteiger partial charge in [0.15, 0.2) is 0 Å². The van der Waals surface area contributed by atoms with Crippen LogP contribution < -0.4 is 5.32 Å². The van der Waals surface area contributed by atoms with E-state index in [2.05, 4.69) is 5.32 Å². The summed E-state index contributed by atoms with van der Waals surface area (Å²) in [5.41, 5.74) is 0.0831. The van der Waals surface area contributed by atoms with Crippen LogP contribution in [0, 0.1) is 11.6 Å². The maximum atomic E-state index is 13.1. The Morgan fingerprint density at radius 2 is 1.93 bits per heavy atom. The zero-order valence-corrected chi connectivity index (χ0v) is 9.32. The summed E-state index contributed by atoms with van der Waals surface area (Å²) in [6, 6.07) is 3.86. The van der Waals surface area contributed by atoms with Gasteiger partial charge < -0.3 is 5.32 Å². The van der Waals surface area contributed by atoms with Crippen molar-refractivity contribution in [2.45, 2.75) is 25.3 Å². The van der Waals surface area contributed by atoms with Crippen molar-refractivity contribution in [3.63, 3.8) is 0 Å². The van der Waals surface area contributed by atoms with Gasteiger partial charge in [-0.1, -0.05) is 6.07 Å². The van der Waals surface area contributed by atoms with Crippen LogP contribution in [0.1, 0.15) is 18.9 Å². The Labute approximate surface area is 93.4 Å². The van der Waals surface area contributed by atoms with Crippen LogP contribution in [0.15, 0.2) is 18.2 Å². The first-order valence-electron chi connectivity index (χ1n) is 4.89. The second-order valence-corrected chi connectivity index (χ2v) is 4.19. The lowest BCUT2D eigenvalue weighted by Crippen LogP contribution is -2.18. The maximum Gasteiger partial charge on any atom is 0.130 e. The van der Waals surface area contributed by atoms with Gasteiger partial charge in [0.25, 0.3) is 0 Å². The Morgan fingerprint density at radius 3 is 2.47 bits per heavy atom. The monoisotopic (exact) mass is 233 g/mol. The molecule has 0 amide bonds. The summed E-state index contributed by atoms with van der Waals surface area (Å²) in [6.07, 6.45) is 0.775. The third kappa shape index (κ3) is 4.14. The van der Waals surface area contributed by atoms with Gasteiger partial charge in [0.2, 0.25) is 0 Å². The molecule has 0 radical (unpaired) electrons. The second-order valence-electron chi connectivity index (χ2n) is 3.45. The number of alkyl halides is 1. The van der Waals surface area contributed by atoms with Gasteiger partial charge in [0.1, 0.15) is 11.6 Å². The molecule has 1 nitrogen and oxygen atoms in total. The molecule has 0 spiro atoms. The maximum absolute atomic E-state index is 13.1. The summed E-state index contributed by atoms with van der Waals surface area (Å²) in [6.45, 7) is 2.73. The first kappa shape index (κ1) is 12.4. The average molecular weight is 234 g/mol. The number of hydrogen-bond acceptors (Lipinski definition) is 1. The molecule has 0 aromatic heterocycles. The summed E-state index contributed by atoms with van der Waals surface area (Å²) in [7, 11) is 0. The predicted molar refractivity (Wildman–Crippen MR) is 58.0 cm³/mol. The van der Waals surface area contributed by atoms with Crippen LogP contribution >= 0.6 is 11.6 Å². The van der Waals surface area contributed by atoms with Crippen molar-refractivity contribution < 1.29 is 8.78 Å². The first-order chi connectivity index (χ1) is 7.11. The fourth-order valence-corrected chi connectivity index (χ4v) is 1.32. The zero-order valence-electron chi connectivity index (χ0n) is 8.56. The van der Waals surface area contributed by atoms with Gasteiger partial charge in [-0.05, 0) is 32.0 Å². The quantitative estimate of drug-likeness (QED) is 0.609. The largest absolute Gasteiger partial charge is 0.312 e. The lowest BCUT2D eigenvalue weighted by molar-refractivity contribution is 0.532. The smallest absolute Gasteiger partial charge is 0.130 e. The van der Waals surface area contributed by atoms with E-state index in [1.54, 1.807) is 0 Å². The molecule has 0 heterocycles. The van der Waals surface area contributed by atoms with Gasteiger partial charge in [0, 0.05) is 17.5 Å². The molecule has 15 heavy (non-hydrogen) atoms. The molecule has 0 saturated carbocycles. The standard InChI is InChI=1S/C11H14ClF2N/c1-8(12)5-6-15-7-9-10(13)3-2-4-11(9)14/h2-4,8,15H,5-7H2,1H3. The molecular formula is C11H14ClF2N. The van der Waals surface area contributed by atoms with E-state index in [9.17, 15) is 8.78 Å². The number of rotatable bonds is 5. The summed E-state index contributed by atoms with van der Waals surface area (Å²) in [5, 5.41) is 3.02. The molecular weight excluding hydrogens is 220 g/mol. The zero-order chi connectivity index (χ0) is 11.3. The van der Waals surface area contributed by atoms with E-state index in [0.29, 0.717) is 6.54 Å². The molecule has 0 fully saturated rings. The summed E-state index contributed by atoms with van der Waals surface area (Å²) in [4.78, 5) is 0. The highest BCUT2D eigenvalue weighted by Crippen LogP contribution is 2.11. The van der Waals surface area contributed by atoms with Crippen molar-refractivity contribution in [3.8, 4) is 0 Å². The molecule has 84 valence electrons. The molecule has 0 aliphatic carbocycles. The normalized spacial score (nSPS) is 12.8. The van der Waals surface area contributed by atoms with E-state index < -0.39 is 11.6 Å². The van der Waals surface area contributed by atoms with Gasteiger partial charge in [-0.3, -0.25) is 0 Å². The molecule has 1 N–H and O–H groups in total. The molecule has 0 bridgehead atoms. The van der Waals surface area contributed by atoms with Crippen LogP contribution in [0.3, 0.4) is 0 Å². The number of halogens is 3. The lowest BCUT2D eigenvalue weighted by atomic mass is 10.2. The highest BCUT2D eigenvalue weighted by atomic mass is 35.5. The molecule has 1 atom stereocenters. The molecule has 0 aliphatic rings. The molecule has 4 heteroatoms. The number of hydrogen-bond donors (Lipinski definition) is 1. The van der Waals surface area contributed by atoms with E-state index in [1.165, 1.54) is 18.2 Å². The van der Waals surface area contributed by atoms with E-state index in [1.807, 2.05) is 6.92 Å². The lowest BCUT2D eigenvalue weighted by Gasteiger charge is -2.07. The highest BCUT2D eigenvalue weighted by molar-refractivity contribution is 6.20. The topological polar surface area (TPSA) is 12.0 Å². The van der Waals surface area contributed by atoms with E-state index in [-0.39, 0.29) is 17.5 Å². The average Bonchev–Trinajstić information content (AvgIpc) is 2.15. The molecule has 1 rings (SSSR count). The van der Waals surface area contributed by atoms with Gasteiger partial charge in [0.05, 0.1) is 0 Å². The van der Waals surface area contributed by atoms with Crippen molar-refractivity contribution in [1.29, 1.82) is 0 Å². The van der Waals surface area contributed by atoms with Crippen LogP contribution in [-0.4, -0.2) is 11.9 Å². The van der Waals surface area contributed by atoms with Gasteiger partial charge in [-0.15, -0.1) is 11.6 Å². The van der Waals surface area contributed by atoms with Crippen molar-refractivity contribution in [1.82, 2.24) is 5.32 Å². The summed E-state index contributed by atoms with van der Waals surface area (Å²) in [5.74, 6) is -1.03. The predicted octanol–water partition coefficient (Wildman–Crippen LogP) is 3.07. The minimum absolute atomic E-state index is 0.0722. The van der Waals surface area contributed by atoms with Crippen molar-refractivity contribution >= 4 is 11.6 Å². The SMILES string of the molecule is CC(Cl)CCNCc1c(F)cccc1F. The Morgan fingerprint density at radius 1 is 1.33 bits per heavy atom. The van der Waals surface area contributed by atoms with Gasteiger partial charge in [-0.25, -0.2) is 8.78 Å². The van der Waals surface area contributed by atoms with Crippen molar-refractivity contribution in [2.75, 3.05) is 6.54 Å². The summed E-state index contributed by atoms with van der Waals surface area (Å²) >= 11 is 5.73. The third-order valence-electron chi connectivity index (χ3n) is 2.08. The van der Waals surface area contributed by atoms with E-state index in [4.69, 9.17) is 11.6 Å². The fourth-order valence-electron chi connectivity index (χ4n) is 1.22. The second kappa shape index (κ2) is 6.03. The van der Waals surface area contributed by atoms with E-state index >= 15 is 0 Å². The van der Waals surface area contributed by atoms with Crippen LogP contribution in [0.2, 0.25) is 0 Å². The van der Waals surface area contributed by atoms with E-state index in [0.717, 1.165) is 6.42 Å². The Bertz CT molecular complexity index is 295. The van der Waals surface area contributed by atoms with Crippen LogP contribution in [0.5, 0.6) is 0 Å². The Balaban J connectivity index is 2.43. The molecule has 1 aromatic rings. The summed E-state index contributed by atoms with van der Waals surface area (Å²) < 4.78 is 26.3. The first-order valence-corrected chi connectivity index (χ1v) is 5.32. The highest BCUT2D eigenvalue weighted by Gasteiger charge is 2.07. The van der Waals surface area contributed by atoms with Crippen LogP contribution in [0.25, 0.3) is 0 Å². The fraction of sp³-hybridized carbons (Fsp3) is 0.455. The van der Waals surface area contributed by atoms with Crippen LogP contribution in [-0.2, 0) is 6.54 Å². The Hall–Kier alpha value is -0.670. The van der Waals surface area contributed by atoms with Gasteiger partial charge >= 0.3 is 0 Å². The number of benzene rings is 1. The molecule has 0 saturated heterocycles. The molecule has 0 aliphatic heterocycles. The third-order valence-corrected chi connectivity index (χ3v) is 2.30. The minimum atomic E-state index is -0.513. The van der Waals surface area contributed by atoms with Crippen LogP contribution in [0.4, 0.5) is 8.78 Å². The minimum Gasteiger partial charge on any atom is -0.312 e. The van der Waals surface area contributed by atoms with Gasteiger partial charge in [-0.2, -0.15) is 0 Å². The number of nitrogens with one attached hydrogen (secondary N) is 1.